The summed E-state index contributed by atoms with van der Waals surface area (Å²) in [4.78, 5) is 37.8. The van der Waals surface area contributed by atoms with Crippen molar-refractivity contribution < 1.29 is 35.1 Å². The lowest BCUT2D eigenvalue weighted by Crippen LogP contribution is -2.27. The van der Waals surface area contributed by atoms with Gasteiger partial charge in [-0.25, -0.2) is 9.98 Å². The third kappa shape index (κ3) is 5.48. The van der Waals surface area contributed by atoms with E-state index in [0.29, 0.717) is 0 Å². The second kappa shape index (κ2) is 10.1. The first-order chi connectivity index (χ1) is 13.4. The predicted molar refractivity (Wildman–Crippen MR) is 94.1 cm³/mol. The first kappa shape index (κ1) is 21.7. The zero-order valence-electron chi connectivity index (χ0n) is 14.7. The maximum Gasteiger partial charge on any atom is 0.280 e. The number of ether oxygens (including phenoxy) is 1. The highest BCUT2D eigenvalue weighted by Crippen LogP contribution is 2.10. The smallest absolute Gasteiger partial charge is 0.280 e. The number of ketones is 1. The van der Waals surface area contributed by atoms with Gasteiger partial charge in [0.1, 0.15) is 18.9 Å². The molecule has 13 heteroatoms. The fourth-order valence-corrected chi connectivity index (χ4v) is 2.09. The normalized spacial score (nSPS) is 14.2. The van der Waals surface area contributed by atoms with Gasteiger partial charge in [-0.15, -0.1) is 0 Å². The Kier molecular flexibility index (Phi) is 7.86. The van der Waals surface area contributed by atoms with Crippen LogP contribution in [0.3, 0.4) is 0 Å². The van der Waals surface area contributed by atoms with Crippen molar-refractivity contribution in [3.63, 3.8) is 0 Å². The van der Waals surface area contributed by atoms with Gasteiger partial charge in [0, 0.05) is 12.6 Å². The van der Waals surface area contributed by atoms with Crippen molar-refractivity contribution in [3.05, 3.63) is 16.7 Å². The van der Waals surface area contributed by atoms with E-state index < -0.39 is 55.9 Å². The molecule has 13 nitrogen and oxygen atoms in total. The number of nitrogens with zero attached hydrogens (tertiary/aromatic N) is 4. The van der Waals surface area contributed by atoms with E-state index in [-0.39, 0.29) is 23.8 Å². The summed E-state index contributed by atoms with van der Waals surface area (Å²) in [5, 5.41) is 45.7. The van der Waals surface area contributed by atoms with E-state index >= 15 is 0 Å². The molecule has 2 aromatic heterocycles. The zero-order chi connectivity index (χ0) is 20.7. The van der Waals surface area contributed by atoms with E-state index in [4.69, 9.17) is 20.1 Å². The second-order valence-corrected chi connectivity index (χ2v) is 5.79. The third-order valence-corrected chi connectivity index (χ3v) is 3.63. The molecule has 154 valence electrons. The summed E-state index contributed by atoms with van der Waals surface area (Å²) in [7, 11) is 0. The topological polar surface area (TPSA) is 203 Å². The number of imidazole rings is 1. The molecule has 0 spiro atoms. The van der Waals surface area contributed by atoms with Crippen LogP contribution in [0.15, 0.2) is 16.1 Å². The summed E-state index contributed by atoms with van der Waals surface area (Å²) in [6.07, 6.45) is -2.12. The first-order valence-corrected chi connectivity index (χ1v) is 8.22. The quantitative estimate of drug-likeness (QED) is 0.209. The number of carbonyl (C=O) groups excluding carboxylic acids is 1. The molecule has 2 atom stereocenters. The molecule has 0 radical (unpaired) electrons. The first-order valence-electron chi connectivity index (χ1n) is 8.22. The minimum absolute atomic E-state index is 0.00482. The van der Waals surface area contributed by atoms with Gasteiger partial charge in [-0.2, -0.15) is 4.98 Å². The molecule has 0 fully saturated rings. The molecule has 0 amide bonds. The van der Waals surface area contributed by atoms with E-state index in [1.54, 1.807) is 0 Å². The molecule has 0 aromatic carbocycles. The fraction of sp³-hybridized carbons (Fsp3) is 0.533. The van der Waals surface area contributed by atoms with Crippen molar-refractivity contribution in [2.24, 2.45) is 4.99 Å². The number of hydrogen-bond donors (Lipinski definition) is 6. The SMILES string of the molecule is O=C(CC(O)CO)C(O)C=Nc1nc2c(ncn2COC(CO)CO)c(=O)[nH]1. The number of fused-ring (bicyclic) bond motifs is 1. The summed E-state index contributed by atoms with van der Waals surface area (Å²) >= 11 is 0. The number of aromatic amines is 1. The molecular weight excluding hydrogens is 378 g/mol. The van der Waals surface area contributed by atoms with Crippen LogP contribution in [0.5, 0.6) is 0 Å². The Morgan fingerprint density at radius 2 is 2.00 bits per heavy atom. The molecule has 0 aliphatic heterocycles. The van der Waals surface area contributed by atoms with Crippen molar-refractivity contribution in [1.82, 2.24) is 19.5 Å². The summed E-state index contributed by atoms with van der Waals surface area (Å²) in [6.45, 7) is -1.57. The highest BCUT2D eigenvalue weighted by atomic mass is 16.5. The van der Waals surface area contributed by atoms with Crippen LogP contribution >= 0.6 is 0 Å². The monoisotopic (exact) mass is 399 g/mol. The van der Waals surface area contributed by atoms with Crippen LogP contribution in [0.25, 0.3) is 11.2 Å². The molecule has 2 rings (SSSR count). The molecule has 0 bridgehead atoms. The van der Waals surface area contributed by atoms with E-state index in [2.05, 4.69) is 19.9 Å². The largest absolute Gasteiger partial charge is 0.394 e. The van der Waals surface area contributed by atoms with Gasteiger partial charge in [-0.3, -0.25) is 19.1 Å². The molecule has 0 aliphatic rings. The van der Waals surface area contributed by atoms with Crippen LogP contribution in [-0.2, 0) is 16.3 Å². The highest BCUT2D eigenvalue weighted by Gasteiger charge is 2.17. The molecule has 0 saturated carbocycles. The van der Waals surface area contributed by atoms with Crippen LogP contribution in [0.2, 0.25) is 0 Å². The average Bonchev–Trinajstić information content (AvgIpc) is 3.10. The van der Waals surface area contributed by atoms with Crippen molar-refractivity contribution in [2.75, 3.05) is 19.8 Å². The molecule has 2 heterocycles. The summed E-state index contributed by atoms with van der Waals surface area (Å²) in [5.74, 6) is -0.985. The van der Waals surface area contributed by atoms with Gasteiger partial charge >= 0.3 is 0 Å². The molecule has 0 aliphatic carbocycles. The number of hydrogen-bond acceptors (Lipinski definition) is 11. The van der Waals surface area contributed by atoms with E-state index in [0.717, 1.165) is 6.21 Å². The minimum Gasteiger partial charge on any atom is -0.394 e. The van der Waals surface area contributed by atoms with Crippen LogP contribution in [0, 0.1) is 0 Å². The Morgan fingerprint density at radius 1 is 1.29 bits per heavy atom. The number of aliphatic imine (C=N–C) groups is 1. The number of H-pyrrole nitrogens is 1. The number of aromatic nitrogens is 4. The lowest BCUT2D eigenvalue weighted by atomic mass is 10.1. The van der Waals surface area contributed by atoms with Gasteiger partial charge in [-0.1, -0.05) is 0 Å². The number of nitrogens with one attached hydrogen (secondary N) is 1. The lowest BCUT2D eigenvalue weighted by Gasteiger charge is -2.12. The Hall–Kier alpha value is -2.55. The molecule has 6 N–H and O–H groups in total. The van der Waals surface area contributed by atoms with Crippen molar-refractivity contribution in [1.29, 1.82) is 0 Å². The Morgan fingerprint density at radius 3 is 2.64 bits per heavy atom. The molecular formula is C15H21N5O8. The Labute approximate surface area is 157 Å². The predicted octanol–water partition coefficient (Wildman–Crippen LogP) is -3.18. The summed E-state index contributed by atoms with van der Waals surface area (Å²) < 4.78 is 6.60. The number of carbonyl (C=O) groups is 1. The van der Waals surface area contributed by atoms with Gasteiger partial charge in [0.15, 0.2) is 16.9 Å². The number of aliphatic hydroxyl groups excluding tert-OH is 5. The minimum atomic E-state index is -1.66. The van der Waals surface area contributed by atoms with E-state index in [9.17, 15) is 19.8 Å². The van der Waals surface area contributed by atoms with Crippen molar-refractivity contribution in [2.45, 2.75) is 31.5 Å². The Balaban J connectivity index is 2.18. The molecule has 28 heavy (non-hydrogen) atoms. The third-order valence-electron chi connectivity index (χ3n) is 3.63. The number of aliphatic hydroxyl groups is 5. The van der Waals surface area contributed by atoms with Crippen LogP contribution in [0.4, 0.5) is 5.95 Å². The zero-order valence-corrected chi connectivity index (χ0v) is 14.7. The molecule has 2 unspecified atom stereocenters. The van der Waals surface area contributed by atoms with Gasteiger partial charge in [0.25, 0.3) is 5.56 Å². The second-order valence-electron chi connectivity index (χ2n) is 5.79. The molecule has 0 saturated heterocycles. The molecule has 2 aromatic rings. The van der Waals surface area contributed by atoms with Gasteiger partial charge in [-0.05, 0) is 0 Å². The number of rotatable bonds is 11. The van der Waals surface area contributed by atoms with E-state index in [1.807, 2.05) is 0 Å². The van der Waals surface area contributed by atoms with Gasteiger partial charge in [0.2, 0.25) is 5.95 Å². The fourth-order valence-electron chi connectivity index (χ4n) is 2.09. The van der Waals surface area contributed by atoms with Crippen LogP contribution in [0.1, 0.15) is 6.42 Å². The van der Waals surface area contributed by atoms with Crippen LogP contribution < -0.4 is 5.56 Å². The average molecular weight is 399 g/mol. The van der Waals surface area contributed by atoms with Crippen molar-refractivity contribution >= 4 is 29.1 Å². The summed E-state index contributed by atoms with van der Waals surface area (Å²) in [5.41, 5.74) is -0.523. The maximum absolute atomic E-state index is 12.1. The lowest BCUT2D eigenvalue weighted by molar-refractivity contribution is -0.126. The highest BCUT2D eigenvalue weighted by molar-refractivity contribution is 5.98. The standard InChI is InChI=1S/C15H21N5O8/c21-3-8(24)1-10(25)11(26)2-16-15-18-13-12(14(27)19-15)17-6-20(13)7-28-9(4-22)5-23/h2,6,8-9,11,21-24,26H,1,3-5,7H2,(H,18,19,27). The van der Waals surface area contributed by atoms with Crippen LogP contribution in [-0.4, -0.2) is 95.2 Å². The number of Topliss-reactive ketones (excluding diaryl/α,β-unsaturated/α-hetero) is 1. The van der Waals surface area contributed by atoms with Gasteiger partial charge in [0.05, 0.1) is 32.3 Å². The maximum atomic E-state index is 12.1. The van der Waals surface area contributed by atoms with Gasteiger partial charge < -0.3 is 30.3 Å². The van der Waals surface area contributed by atoms with E-state index in [1.165, 1.54) is 10.9 Å². The van der Waals surface area contributed by atoms with Crippen molar-refractivity contribution in [3.8, 4) is 0 Å². The Bertz CT molecular complexity index is 875. The summed E-state index contributed by atoms with van der Waals surface area (Å²) in [6, 6.07) is 0.